The van der Waals surface area contributed by atoms with Gasteiger partial charge in [0.1, 0.15) is 10.6 Å². The highest BCUT2D eigenvalue weighted by Crippen LogP contribution is 2.38. The van der Waals surface area contributed by atoms with Crippen LogP contribution < -0.4 is 5.73 Å². The van der Waals surface area contributed by atoms with E-state index in [0.29, 0.717) is 18.5 Å². The number of anilines is 1. The van der Waals surface area contributed by atoms with Crippen LogP contribution in [-0.4, -0.2) is 21.8 Å². The number of hydrogen-bond donors (Lipinski definition) is 1. The molecule has 2 aromatic rings. The zero-order valence-electron chi connectivity index (χ0n) is 11.8. The van der Waals surface area contributed by atoms with Crippen LogP contribution >= 0.6 is 23.1 Å². The molecule has 0 aromatic carbocycles. The number of thioether (sulfide) groups is 1. The summed E-state index contributed by atoms with van der Waals surface area (Å²) < 4.78 is 5.91. The van der Waals surface area contributed by atoms with Crippen molar-refractivity contribution in [3.8, 4) is 0 Å². The van der Waals surface area contributed by atoms with Gasteiger partial charge in [-0.3, -0.25) is 0 Å². The van der Waals surface area contributed by atoms with Gasteiger partial charge in [0.15, 0.2) is 5.16 Å². The van der Waals surface area contributed by atoms with Crippen molar-refractivity contribution in [2.45, 2.75) is 51.0 Å². The standard InChI is InChI=1S/C14H19N3OS2/c1-3-5-8-6-9-10(7-18-8)20-13-11(9)12(15)16-14(17-13)19-4-2/h8H,3-7H2,1-2H3,(H2,15,16,17). The van der Waals surface area contributed by atoms with E-state index in [0.717, 1.165) is 40.4 Å². The first-order valence-electron chi connectivity index (χ1n) is 7.05. The van der Waals surface area contributed by atoms with E-state index in [1.165, 1.54) is 10.4 Å². The zero-order valence-corrected chi connectivity index (χ0v) is 13.4. The average molecular weight is 309 g/mol. The van der Waals surface area contributed by atoms with Crippen LogP contribution in [0.2, 0.25) is 0 Å². The summed E-state index contributed by atoms with van der Waals surface area (Å²) in [7, 11) is 0. The van der Waals surface area contributed by atoms with Gasteiger partial charge in [-0.1, -0.05) is 32.0 Å². The summed E-state index contributed by atoms with van der Waals surface area (Å²) in [5.41, 5.74) is 7.50. The lowest BCUT2D eigenvalue weighted by Crippen LogP contribution is -2.21. The fraction of sp³-hybridized carbons (Fsp3) is 0.571. The molecule has 2 aromatic heterocycles. The maximum Gasteiger partial charge on any atom is 0.190 e. The second-order valence-electron chi connectivity index (χ2n) is 4.93. The van der Waals surface area contributed by atoms with Crippen molar-refractivity contribution in [2.24, 2.45) is 0 Å². The quantitative estimate of drug-likeness (QED) is 0.690. The van der Waals surface area contributed by atoms with Gasteiger partial charge < -0.3 is 10.5 Å². The molecule has 20 heavy (non-hydrogen) atoms. The molecule has 4 nitrogen and oxygen atoms in total. The molecule has 1 aliphatic heterocycles. The molecule has 0 amide bonds. The minimum absolute atomic E-state index is 0.314. The lowest BCUT2D eigenvalue weighted by atomic mass is 10.0. The van der Waals surface area contributed by atoms with Crippen LogP contribution in [0.25, 0.3) is 10.2 Å². The highest BCUT2D eigenvalue weighted by Gasteiger charge is 2.25. The molecule has 108 valence electrons. The fourth-order valence-corrected chi connectivity index (χ4v) is 4.39. The van der Waals surface area contributed by atoms with E-state index in [4.69, 9.17) is 10.5 Å². The van der Waals surface area contributed by atoms with Crippen molar-refractivity contribution in [3.63, 3.8) is 0 Å². The van der Waals surface area contributed by atoms with Crippen molar-refractivity contribution in [1.29, 1.82) is 0 Å². The lowest BCUT2D eigenvalue weighted by Gasteiger charge is -2.22. The molecule has 1 atom stereocenters. The summed E-state index contributed by atoms with van der Waals surface area (Å²) >= 11 is 3.34. The average Bonchev–Trinajstić information content (AvgIpc) is 2.77. The molecule has 1 unspecified atom stereocenters. The van der Waals surface area contributed by atoms with E-state index in [9.17, 15) is 0 Å². The van der Waals surface area contributed by atoms with Gasteiger partial charge in [-0.05, 0) is 17.7 Å². The Bertz CT molecular complexity index is 626. The summed E-state index contributed by atoms with van der Waals surface area (Å²) in [6, 6.07) is 0. The van der Waals surface area contributed by atoms with Crippen molar-refractivity contribution in [2.75, 3.05) is 11.5 Å². The monoisotopic (exact) mass is 309 g/mol. The van der Waals surface area contributed by atoms with Crippen LogP contribution in [0.15, 0.2) is 5.16 Å². The van der Waals surface area contributed by atoms with Gasteiger partial charge in [0.05, 0.1) is 18.1 Å². The van der Waals surface area contributed by atoms with Crippen LogP contribution in [0.3, 0.4) is 0 Å². The number of ether oxygens (including phenoxy) is 1. The Morgan fingerprint density at radius 2 is 2.25 bits per heavy atom. The number of rotatable bonds is 4. The SMILES string of the molecule is CCCC1Cc2c(sc3nc(SCC)nc(N)c23)CO1. The Labute approximate surface area is 127 Å². The normalized spacial score (nSPS) is 18.4. The van der Waals surface area contributed by atoms with Gasteiger partial charge >= 0.3 is 0 Å². The predicted octanol–water partition coefficient (Wildman–Crippen LogP) is 3.63. The van der Waals surface area contributed by atoms with E-state index in [-0.39, 0.29) is 0 Å². The first-order valence-corrected chi connectivity index (χ1v) is 8.85. The third-order valence-electron chi connectivity index (χ3n) is 3.51. The smallest absolute Gasteiger partial charge is 0.190 e. The summed E-state index contributed by atoms with van der Waals surface area (Å²) in [6.45, 7) is 4.98. The molecule has 0 bridgehead atoms. The van der Waals surface area contributed by atoms with Crippen molar-refractivity contribution in [3.05, 3.63) is 10.4 Å². The number of aromatic nitrogens is 2. The largest absolute Gasteiger partial charge is 0.383 e. The summed E-state index contributed by atoms with van der Waals surface area (Å²) in [4.78, 5) is 11.4. The third kappa shape index (κ3) is 2.52. The molecule has 1 aliphatic rings. The number of nitrogens with zero attached hydrogens (tertiary/aromatic N) is 2. The number of fused-ring (bicyclic) bond motifs is 3. The Hall–Kier alpha value is -0.850. The predicted molar refractivity (Wildman–Crippen MR) is 85.4 cm³/mol. The van der Waals surface area contributed by atoms with Crippen LogP contribution in [-0.2, 0) is 17.8 Å². The molecular weight excluding hydrogens is 290 g/mol. The molecule has 3 heterocycles. The number of nitrogen functional groups attached to an aromatic ring is 1. The second-order valence-corrected chi connectivity index (χ2v) is 7.25. The summed E-state index contributed by atoms with van der Waals surface area (Å²) in [5.74, 6) is 1.58. The van der Waals surface area contributed by atoms with Gasteiger partial charge in [0, 0.05) is 11.3 Å². The minimum atomic E-state index is 0.314. The van der Waals surface area contributed by atoms with Gasteiger partial charge in [0.2, 0.25) is 0 Å². The molecule has 6 heteroatoms. The van der Waals surface area contributed by atoms with Crippen molar-refractivity contribution < 1.29 is 4.74 Å². The Morgan fingerprint density at radius 1 is 1.40 bits per heavy atom. The van der Waals surface area contributed by atoms with Crippen LogP contribution in [0.1, 0.15) is 37.1 Å². The first kappa shape index (κ1) is 14.1. The molecular formula is C14H19N3OS2. The van der Waals surface area contributed by atoms with Crippen molar-refractivity contribution in [1.82, 2.24) is 9.97 Å². The van der Waals surface area contributed by atoms with Crippen LogP contribution in [0, 0.1) is 0 Å². The Balaban J connectivity index is 2.03. The van der Waals surface area contributed by atoms with E-state index < -0.39 is 0 Å². The van der Waals surface area contributed by atoms with Crippen LogP contribution in [0.5, 0.6) is 0 Å². The number of thiophene rings is 1. The number of nitrogens with two attached hydrogens (primary N) is 1. The molecule has 3 rings (SSSR count). The van der Waals surface area contributed by atoms with Gasteiger partial charge in [-0.25, -0.2) is 9.97 Å². The number of hydrogen-bond acceptors (Lipinski definition) is 6. The fourth-order valence-electron chi connectivity index (χ4n) is 2.63. The van der Waals surface area contributed by atoms with Gasteiger partial charge in [-0.2, -0.15) is 0 Å². The molecule has 0 saturated heterocycles. The molecule has 0 spiro atoms. The van der Waals surface area contributed by atoms with E-state index in [2.05, 4.69) is 23.8 Å². The highest BCUT2D eigenvalue weighted by molar-refractivity contribution is 7.99. The molecule has 2 N–H and O–H groups in total. The van der Waals surface area contributed by atoms with E-state index in [1.807, 2.05) is 0 Å². The first-order chi connectivity index (χ1) is 9.72. The van der Waals surface area contributed by atoms with Gasteiger partial charge in [0.25, 0.3) is 0 Å². The van der Waals surface area contributed by atoms with Gasteiger partial charge in [-0.15, -0.1) is 11.3 Å². The lowest BCUT2D eigenvalue weighted by molar-refractivity contribution is 0.0254. The molecule has 0 aliphatic carbocycles. The highest BCUT2D eigenvalue weighted by atomic mass is 32.2. The molecule has 0 radical (unpaired) electrons. The van der Waals surface area contributed by atoms with E-state index >= 15 is 0 Å². The summed E-state index contributed by atoms with van der Waals surface area (Å²) in [5, 5.41) is 1.84. The zero-order chi connectivity index (χ0) is 14.1. The minimum Gasteiger partial charge on any atom is -0.383 e. The molecule has 0 fully saturated rings. The topological polar surface area (TPSA) is 61.0 Å². The Kier molecular flexibility index (Phi) is 4.14. The van der Waals surface area contributed by atoms with E-state index in [1.54, 1.807) is 23.1 Å². The Morgan fingerprint density at radius 3 is 3.00 bits per heavy atom. The maximum atomic E-state index is 6.18. The third-order valence-corrected chi connectivity index (χ3v) is 5.34. The van der Waals surface area contributed by atoms with Crippen LogP contribution in [0.4, 0.5) is 5.82 Å². The second kappa shape index (κ2) is 5.87. The maximum absolute atomic E-state index is 6.18. The van der Waals surface area contributed by atoms with Crippen molar-refractivity contribution >= 4 is 39.1 Å². The molecule has 0 saturated carbocycles. The summed E-state index contributed by atoms with van der Waals surface area (Å²) in [6.07, 6.45) is 3.50.